The molecule has 2 heterocycles. The molecule has 4 N–H and O–H groups in total. The Bertz CT molecular complexity index is 597. The molecule has 1 aromatic rings. The predicted octanol–water partition coefficient (Wildman–Crippen LogP) is -1.84. The van der Waals surface area contributed by atoms with Crippen molar-refractivity contribution in [2.45, 2.75) is 10.4 Å². The molecule has 0 bridgehead atoms. The van der Waals surface area contributed by atoms with Gasteiger partial charge in [0.25, 0.3) is 5.91 Å². The number of rotatable bonds is 5. The Morgan fingerprint density at radius 2 is 2.26 bits per heavy atom. The highest BCUT2D eigenvalue weighted by Crippen LogP contribution is 2.22. The van der Waals surface area contributed by atoms with Gasteiger partial charge >= 0.3 is 0 Å². The topological polar surface area (TPSA) is 124 Å². The van der Waals surface area contributed by atoms with Crippen LogP contribution in [0.3, 0.4) is 0 Å². The molecule has 1 fully saturated rings. The number of aliphatic hydroxyl groups excluding tert-OH is 1. The first kappa shape index (κ1) is 14.0. The Kier molecular flexibility index (Phi) is 3.39. The molecule has 19 heavy (non-hydrogen) atoms. The summed E-state index contributed by atoms with van der Waals surface area (Å²) in [5, 5.41) is 9.23. The second kappa shape index (κ2) is 4.60. The maximum Gasteiger partial charge on any atom is 0.266 e. The largest absolute Gasteiger partial charge is 0.394 e. The molecule has 8 nitrogen and oxygen atoms in total. The molecule has 1 aliphatic heterocycles. The van der Waals surface area contributed by atoms with E-state index in [1.165, 1.54) is 23.9 Å². The SMILES string of the molecule is Cn1ccc(S(=O)(=O)NC2(CO)COC2)c1C(N)=O. The van der Waals surface area contributed by atoms with Gasteiger partial charge in [-0.25, -0.2) is 8.42 Å². The number of aromatic nitrogens is 1. The third-order valence-electron chi connectivity index (χ3n) is 2.97. The van der Waals surface area contributed by atoms with Crippen LogP contribution in [0.2, 0.25) is 0 Å². The Balaban J connectivity index is 2.38. The summed E-state index contributed by atoms with van der Waals surface area (Å²) in [4.78, 5) is 11.1. The molecular formula is C10H15N3O5S. The molecule has 0 spiro atoms. The highest BCUT2D eigenvalue weighted by Gasteiger charge is 2.43. The number of primary amides is 1. The maximum absolute atomic E-state index is 12.2. The van der Waals surface area contributed by atoms with Crippen molar-refractivity contribution in [2.24, 2.45) is 12.8 Å². The zero-order valence-corrected chi connectivity index (χ0v) is 11.1. The van der Waals surface area contributed by atoms with E-state index in [1.807, 2.05) is 0 Å². The molecule has 1 saturated heterocycles. The van der Waals surface area contributed by atoms with E-state index in [4.69, 9.17) is 10.5 Å². The van der Waals surface area contributed by atoms with E-state index < -0.39 is 21.5 Å². The van der Waals surface area contributed by atoms with Crippen LogP contribution in [0.25, 0.3) is 0 Å². The quantitative estimate of drug-likeness (QED) is 0.588. The van der Waals surface area contributed by atoms with Gasteiger partial charge in [0.15, 0.2) is 0 Å². The van der Waals surface area contributed by atoms with E-state index in [0.29, 0.717) is 0 Å². The second-order valence-corrected chi connectivity index (χ2v) is 6.19. The number of sulfonamides is 1. The lowest BCUT2D eigenvalue weighted by Gasteiger charge is -2.39. The highest BCUT2D eigenvalue weighted by molar-refractivity contribution is 7.89. The highest BCUT2D eigenvalue weighted by atomic mass is 32.2. The van der Waals surface area contributed by atoms with E-state index in [-0.39, 0.29) is 30.4 Å². The first-order chi connectivity index (χ1) is 8.81. The third-order valence-corrected chi connectivity index (χ3v) is 4.58. The standard InChI is InChI=1S/C10H15N3O5S/c1-13-3-2-7(8(13)9(11)15)19(16,17)12-10(4-14)5-18-6-10/h2-3,12,14H,4-6H2,1H3,(H2,11,15). The zero-order chi connectivity index (χ0) is 14.3. The van der Waals surface area contributed by atoms with Gasteiger partial charge in [0.1, 0.15) is 16.1 Å². The number of aliphatic hydroxyl groups is 1. The molecule has 1 amide bonds. The van der Waals surface area contributed by atoms with Gasteiger partial charge in [-0.15, -0.1) is 0 Å². The van der Waals surface area contributed by atoms with E-state index in [2.05, 4.69) is 4.72 Å². The molecule has 0 atom stereocenters. The van der Waals surface area contributed by atoms with Gasteiger partial charge in [0.05, 0.1) is 19.8 Å². The third kappa shape index (κ3) is 2.37. The number of hydrogen-bond donors (Lipinski definition) is 3. The van der Waals surface area contributed by atoms with E-state index in [1.54, 1.807) is 0 Å². The molecule has 1 aromatic heterocycles. The minimum absolute atomic E-state index is 0.0848. The Hall–Kier alpha value is -1.42. The monoisotopic (exact) mass is 289 g/mol. The van der Waals surface area contributed by atoms with Crippen LogP contribution in [0.5, 0.6) is 0 Å². The molecule has 9 heteroatoms. The molecule has 2 rings (SSSR count). The number of hydrogen-bond acceptors (Lipinski definition) is 5. The number of nitrogens with two attached hydrogens (primary N) is 1. The number of nitrogens with zero attached hydrogens (tertiary/aromatic N) is 1. The van der Waals surface area contributed by atoms with Gasteiger partial charge in [-0.1, -0.05) is 0 Å². The van der Waals surface area contributed by atoms with Crippen LogP contribution in [-0.2, 0) is 21.8 Å². The van der Waals surface area contributed by atoms with Crippen molar-refractivity contribution in [3.05, 3.63) is 18.0 Å². The predicted molar refractivity (Wildman–Crippen MR) is 64.9 cm³/mol. The van der Waals surface area contributed by atoms with Gasteiger partial charge in [0.2, 0.25) is 10.0 Å². The fraction of sp³-hybridized carbons (Fsp3) is 0.500. The van der Waals surface area contributed by atoms with Crippen molar-refractivity contribution in [3.63, 3.8) is 0 Å². The Morgan fingerprint density at radius 3 is 2.68 bits per heavy atom. The number of nitrogens with one attached hydrogen (secondary N) is 1. The van der Waals surface area contributed by atoms with Crippen LogP contribution in [0.1, 0.15) is 10.5 Å². The van der Waals surface area contributed by atoms with E-state index in [9.17, 15) is 18.3 Å². The summed E-state index contributed by atoms with van der Waals surface area (Å²) in [6.45, 7) is -0.214. The Labute approximate surface area is 110 Å². The number of carbonyl (C=O) groups excluding carboxylic acids is 1. The first-order valence-corrected chi connectivity index (χ1v) is 6.97. The van der Waals surface area contributed by atoms with Gasteiger partial charge in [-0.05, 0) is 6.07 Å². The fourth-order valence-corrected chi connectivity index (χ4v) is 3.49. The summed E-state index contributed by atoms with van der Waals surface area (Å²) in [6.07, 6.45) is 1.43. The fourth-order valence-electron chi connectivity index (χ4n) is 1.89. The van der Waals surface area contributed by atoms with Crippen molar-refractivity contribution in [2.75, 3.05) is 19.8 Å². The number of aryl methyl sites for hydroxylation is 1. The molecule has 0 unspecified atom stereocenters. The lowest BCUT2D eigenvalue weighted by Crippen LogP contribution is -2.64. The lowest BCUT2D eigenvalue weighted by atomic mass is 10.0. The van der Waals surface area contributed by atoms with Crippen molar-refractivity contribution in [1.29, 1.82) is 0 Å². The summed E-state index contributed by atoms with van der Waals surface area (Å²) in [6, 6.07) is 1.28. The van der Waals surface area contributed by atoms with Crippen molar-refractivity contribution in [1.82, 2.24) is 9.29 Å². The van der Waals surface area contributed by atoms with E-state index >= 15 is 0 Å². The first-order valence-electron chi connectivity index (χ1n) is 5.49. The average Bonchev–Trinajstić information content (AvgIpc) is 2.66. The Morgan fingerprint density at radius 1 is 1.63 bits per heavy atom. The summed E-state index contributed by atoms with van der Waals surface area (Å²) < 4.78 is 33.1. The van der Waals surface area contributed by atoms with E-state index in [0.717, 1.165) is 0 Å². The van der Waals surface area contributed by atoms with Crippen LogP contribution in [-0.4, -0.2) is 49.4 Å². The summed E-state index contributed by atoms with van der Waals surface area (Å²) in [5.74, 6) is -0.837. The average molecular weight is 289 g/mol. The van der Waals surface area contributed by atoms with Gasteiger partial charge < -0.3 is 20.1 Å². The molecule has 106 valence electrons. The summed E-state index contributed by atoms with van der Waals surface area (Å²) in [5.41, 5.74) is 4.04. The van der Waals surface area contributed by atoms with Crippen LogP contribution in [0.15, 0.2) is 17.2 Å². The summed E-state index contributed by atoms with van der Waals surface area (Å²) >= 11 is 0. The van der Waals surface area contributed by atoms with Crippen LogP contribution in [0.4, 0.5) is 0 Å². The molecular weight excluding hydrogens is 274 g/mol. The number of amides is 1. The van der Waals surface area contributed by atoms with Crippen molar-refractivity contribution >= 4 is 15.9 Å². The van der Waals surface area contributed by atoms with Crippen molar-refractivity contribution in [3.8, 4) is 0 Å². The molecule has 0 radical (unpaired) electrons. The minimum atomic E-state index is -3.96. The van der Waals surface area contributed by atoms with Gasteiger partial charge in [0, 0.05) is 13.2 Å². The molecule has 0 aromatic carbocycles. The molecule has 0 aliphatic carbocycles. The zero-order valence-electron chi connectivity index (χ0n) is 10.3. The van der Waals surface area contributed by atoms with Gasteiger partial charge in [-0.3, -0.25) is 4.79 Å². The smallest absolute Gasteiger partial charge is 0.266 e. The molecule has 0 saturated carbocycles. The maximum atomic E-state index is 12.2. The van der Waals surface area contributed by atoms with Crippen LogP contribution >= 0.6 is 0 Å². The van der Waals surface area contributed by atoms with Gasteiger partial charge in [-0.2, -0.15) is 4.72 Å². The minimum Gasteiger partial charge on any atom is -0.394 e. The second-order valence-electron chi connectivity index (χ2n) is 4.54. The van der Waals surface area contributed by atoms with Crippen LogP contribution < -0.4 is 10.5 Å². The van der Waals surface area contributed by atoms with Crippen LogP contribution in [0, 0.1) is 0 Å². The number of carbonyl (C=O) groups is 1. The molecule has 1 aliphatic rings. The summed E-state index contributed by atoms with van der Waals surface area (Å²) in [7, 11) is -2.44. The lowest BCUT2D eigenvalue weighted by molar-refractivity contribution is -0.0858. The normalized spacial score (nSPS) is 18.0. The van der Waals surface area contributed by atoms with Crippen molar-refractivity contribution < 1.29 is 23.1 Å². The number of ether oxygens (including phenoxy) is 1.